The maximum absolute atomic E-state index is 13.3. The SMILES string of the molecule is C=Cc1c(F)cc(F)cc1C1OC=CO1. The Morgan fingerprint density at radius 2 is 1.87 bits per heavy atom. The lowest BCUT2D eigenvalue weighted by Gasteiger charge is -2.13. The van der Waals surface area contributed by atoms with Gasteiger partial charge >= 0.3 is 0 Å². The molecule has 0 fully saturated rings. The predicted octanol–water partition coefficient (Wildman–Crippen LogP) is 3.12. The smallest absolute Gasteiger partial charge is 0.267 e. The van der Waals surface area contributed by atoms with Crippen molar-refractivity contribution >= 4 is 6.08 Å². The molecule has 0 saturated carbocycles. The van der Waals surface area contributed by atoms with Crippen molar-refractivity contribution in [1.29, 1.82) is 0 Å². The molecular weight excluding hydrogens is 202 g/mol. The average molecular weight is 210 g/mol. The molecule has 0 radical (unpaired) electrons. The third-order valence-corrected chi connectivity index (χ3v) is 2.04. The lowest BCUT2D eigenvalue weighted by atomic mass is 10.1. The van der Waals surface area contributed by atoms with Crippen molar-refractivity contribution in [3.8, 4) is 0 Å². The van der Waals surface area contributed by atoms with Gasteiger partial charge in [0.05, 0.1) is 0 Å². The van der Waals surface area contributed by atoms with Crippen LogP contribution in [0, 0.1) is 11.6 Å². The minimum absolute atomic E-state index is 0.185. The van der Waals surface area contributed by atoms with Gasteiger partial charge in [-0.05, 0) is 6.07 Å². The van der Waals surface area contributed by atoms with Gasteiger partial charge < -0.3 is 9.47 Å². The second-order valence-electron chi connectivity index (χ2n) is 2.97. The van der Waals surface area contributed by atoms with Crippen LogP contribution >= 0.6 is 0 Å². The third kappa shape index (κ3) is 1.70. The maximum Gasteiger partial charge on any atom is 0.267 e. The van der Waals surface area contributed by atoms with Crippen LogP contribution in [0.3, 0.4) is 0 Å². The van der Waals surface area contributed by atoms with Gasteiger partial charge in [-0.25, -0.2) is 8.78 Å². The van der Waals surface area contributed by atoms with Gasteiger partial charge in [0.1, 0.15) is 24.2 Å². The van der Waals surface area contributed by atoms with Crippen LogP contribution in [0.25, 0.3) is 6.08 Å². The second kappa shape index (κ2) is 3.73. The molecule has 0 aliphatic carbocycles. The van der Waals surface area contributed by atoms with Gasteiger partial charge in [-0.15, -0.1) is 0 Å². The first-order valence-electron chi connectivity index (χ1n) is 4.29. The molecule has 0 N–H and O–H groups in total. The van der Waals surface area contributed by atoms with Crippen LogP contribution in [0.2, 0.25) is 0 Å². The van der Waals surface area contributed by atoms with E-state index in [1.165, 1.54) is 18.6 Å². The second-order valence-corrected chi connectivity index (χ2v) is 2.97. The van der Waals surface area contributed by atoms with Crippen molar-refractivity contribution in [2.75, 3.05) is 0 Å². The fourth-order valence-electron chi connectivity index (χ4n) is 1.40. The highest BCUT2D eigenvalue weighted by Crippen LogP contribution is 2.29. The zero-order valence-corrected chi connectivity index (χ0v) is 7.74. The van der Waals surface area contributed by atoms with E-state index in [0.29, 0.717) is 0 Å². The van der Waals surface area contributed by atoms with Gasteiger partial charge in [0.15, 0.2) is 0 Å². The standard InChI is InChI=1S/C11H8F2O2/c1-2-8-9(11-14-3-4-15-11)5-7(12)6-10(8)13/h2-6,11H,1H2. The molecule has 1 aliphatic heterocycles. The van der Waals surface area contributed by atoms with Crippen LogP contribution in [-0.4, -0.2) is 0 Å². The highest BCUT2D eigenvalue weighted by molar-refractivity contribution is 5.53. The predicted molar refractivity (Wildman–Crippen MR) is 50.5 cm³/mol. The number of ether oxygens (including phenoxy) is 2. The molecule has 2 nitrogen and oxygen atoms in total. The molecule has 2 rings (SSSR count). The normalized spacial score (nSPS) is 14.8. The fourth-order valence-corrected chi connectivity index (χ4v) is 1.40. The van der Waals surface area contributed by atoms with E-state index in [9.17, 15) is 8.78 Å². The lowest BCUT2D eigenvalue weighted by molar-refractivity contribution is -0.0251. The van der Waals surface area contributed by atoms with E-state index in [1.54, 1.807) is 0 Å². The number of hydrogen-bond acceptors (Lipinski definition) is 2. The van der Waals surface area contributed by atoms with Gasteiger partial charge in [-0.2, -0.15) is 0 Å². The first-order chi connectivity index (χ1) is 7.22. The highest BCUT2D eigenvalue weighted by Gasteiger charge is 2.21. The summed E-state index contributed by atoms with van der Waals surface area (Å²) >= 11 is 0. The van der Waals surface area contributed by atoms with Crippen LogP contribution in [-0.2, 0) is 9.47 Å². The molecule has 1 aromatic rings. The summed E-state index contributed by atoms with van der Waals surface area (Å²) in [6, 6.07) is 1.96. The van der Waals surface area contributed by atoms with E-state index >= 15 is 0 Å². The maximum atomic E-state index is 13.3. The minimum atomic E-state index is -0.803. The summed E-state index contributed by atoms with van der Waals surface area (Å²) < 4.78 is 36.3. The van der Waals surface area contributed by atoms with Gasteiger partial charge in [0.25, 0.3) is 6.29 Å². The molecule has 4 heteroatoms. The minimum Gasteiger partial charge on any atom is -0.455 e. The topological polar surface area (TPSA) is 18.5 Å². The van der Waals surface area contributed by atoms with Gasteiger partial charge in [-0.3, -0.25) is 0 Å². The lowest BCUT2D eigenvalue weighted by Crippen LogP contribution is -2.03. The molecule has 78 valence electrons. The quantitative estimate of drug-likeness (QED) is 0.746. The van der Waals surface area contributed by atoms with E-state index in [1.807, 2.05) is 0 Å². The largest absolute Gasteiger partial charge is 0.455 e. The van der Waals surface area contributed by atoms with Crippen LogP contribution < -0.4 is 0 Å². The molecule has 0 spiro atoms. The van der Waals surface area contributed by atoms with Crippen LogP contribution in [0.1, 0.15) is 17.4 Å². The number of hydrogen-bond donors (Lipinski definition) is 0. The summed E-state index contributed by atoms with van der Waals surface area (Å²) in [5.74, 6) is -1.36. The molecule has 15 heavy (non-hydrogen) atoms. The van der Waals surface area contributed by atoms with E-state index in [-0.39, 0.29) is 11.1 Å². The monoisotopic (exact) mass is 210 g/mol. The highest BCUT2D eigenvalue weighted by atomic mass is 19.1. The molecule has 1 aromatic carbocycles. The molecule has 0 atom stereocenters. The van der Waals surface area contributed by atoms with Crippen molar-refractivity contribution in [1.82, 2.24) is 0 Å². The van der Waals surface area contributed by atoms with Crippen LogP contribution in [0.4, 0.5) is 8.78 Å². The van der Waals surface area contributed by atoms with E-state index < -0.39 is 17.9 Å². The average Bonchev–Trinajstić information content (AvgIpc) is 2.69. The summed E-state index contributed by atoms with van der Waals surface area (Å²) in [7, 11) is 0. The van der Waals surface area contributed by atoms with Crippen LogP contribution in [0.5, 0.6) is 0 Å². The van der Waals surface area contributed by atoms with Gasteiger partial charge in [-0.1, -0.05) is 12.7 Å². The van der Waals surface area contributed by atoms with Crippen molar-refractivity contribution < 1.29 is 18.3 Å². The molecule has 1 heterocycles. The molecule has 0 bridgehead atoms. The Kier molecular flexibility index (Phi) is 2.41. The van der Waals surface area contributed by atoms with Gasteiger partial charge in [0, 0.05) is 17.2 Å². The Labute approximate surface area is 85.4 Å². The molecule has 0 aromatic heterocycles. The van der Waals surface area contributed by atoms with Crippen molar-refractivity contribution in [2.24, 2.45) is 0 Å². The first kappa shape index (κ1) is 9.71. The Balaban J connectivity index is 2.48. The fraction of sp³-hybridized carbons (Fsp3) is 0.0909. The number of halogens is 2. The molecule has 0 amide bonds. The van der Waals surface area contributed by atoms with E-state index in [4.69, 9.17) is 9.47 Å². The number of rotatable bonds is 2. The van der Waals surface area contributed by atoms with Crippen molar-refractivity contribution in [3.63, 3.8) is 0 Å². The Morgan fingerprint density at radius 3 is 2.47 bits per heavy atom. The molecule has 0 unspecified atom stereocenters. The first-order valence-corrected chi connectivity index (χ1v) is 4.29. The summed E-state index contributed by atoms with van der Waals surface area (Å²) in [6.07, 6.45) is 3.14. The van der Waals surface area contributed by atoms with Crippen LogP contribution in [0.15, 0.2) is 31.2 Å². The zero-order chi connectivity index (χ0) is 10.8. The van der Waals surface area contributed by atoms with Crippen molar-refractivity contribution in [3.05, 3.63) is 54.0 Å². The van der Waals surface area contributed by atoms with E-state index in [0.717, 1.165) is 12.1 Å². The molecular formula is C11H8F2O2. The Bertz CT molecular complexity index is 419. The summed E-state index contributed by atoms with van der Waals surface area (Å²) in [5, 5.41) is 0. The van der Waals surface area contributed by atoms with Gasteiger partial charge in [0.2, 0.25) is 0 Å². The Hall–Kier alpha value is -1.84. The summed E-state index contributed by atoms with van der Waals surface area (Å²) in [6.45, 7) is 3.46. The summed E-state index contributed by atoms with van der Waals surface area (Å²) in [4.78, 5) is 0. The molecule has 0 saturated heterocycles. The number of benzene rings is 1. The van der Waals surface area contributed by atoms with Crippen molar-refractivity contribution in [2.45, 2.75) is 6.29 Å². The van der Waals surface area contributed by atoms with E-state index in [2.05, 4.69) is 6.58 Å². The third-order valence-electron chi connectivity index (χ3n) is 2.04. The zero-order valence-electron chi connectivity index (χ0n) is 7.74. The summed E-state index contributed by atoms with van der Waals surface area (Å²) in [5.41, 5.74) is 0.470. The molecule has 1 aliphatic rings. The Morgan fingerprint density at radius 1 is 1.20 bits per heavy atom.